The SMILES string of the molecule is Cc1cccnc1CNc1cccc([N+](=O)[O-])c1C. The van der Waals surface area contributed by atoms with Crippen LogP contribution in [-0.2, 0) is 6.54 Å². The van der Waals surface area contributed by atoms with Crippen molar-refractivity contribution in [2.75, 3.05) is 5.32 Å². The maximum Gasteiger partial charge on any atom is 0.274 e. The zero-order valence-electron chi connectivity index (χ0n) is 10.9. The van der Waals surface area contributed by atoms with Gasteiger partial charge in [-0.1, -0.05) is 12.1 Å². The molecule has 1 aromatic carbocycles. The number of hydrogen-bond donors (Lipinski definition) is 1. The number of nitro benzene ring substituents is 1. The number of hydrogen-bond acceptors (Lipinski definition) is 4. The van der Waals surface area contributed by atoms with E-state index in [1.165, 1.54) is 6.07 Å². The molecule has 5 nitrogen and oxygen atoms in total. The third kappa shape index (κ3) is 2.88. The fourth-order valence-electron chi connectivity index (χ4n) is 1.90. The normalized spacial score (nSPS) is 10.2. The molecule has 0 saturated carbocycles. The van der Waals surface area contributed by atoms with E-state index in [9.17, 15) is 10.1 Å². The van der Waals surface area contributed by atoms with Gasteiger partial charge in [-0.25, -0.2) is 0 Å². The Hall–Kier alpha value is -2.43. The van der Waals surface area contributed by atoms with Crippen LogP contribution in [0, 0.1) is 24.0 Å². The van der Waals surface area contributed by atoms with Crippen molar-refractivity contribution in [3.63, 3.8) is 0 Å². The Morgan fingerprint density at radius 1 is 1.26 bits per heavy atom. The second-order valence-corrected chi connectivity index (χ2v) is 4.33. The number of anilines is 1. The van der Waals surface area contributed by atoms with Gasteiger partial charge in [0.25, 0.3) is 5.69 Å². The molecule has 0 spiro atoms. The lowest BCUT2D eigenvalue weighted by Crippen LogP contribution is -2.05. The average molecular weight is 257 g/mol. The van der Waals surface area contributed by atoms with Gasteiger partial charge in [-0.05, 0) is 31.5 Å². The van der Waals surface area contributed by atoms with Gasteiger partial charge < -0.3 is 5.32 Å². The van der Waals surface area contributed by atoms with E-state index in [2.05, 4.69) is 10.3 Å². The summed E-state index contributed by atoms with van der Waals surface area (Å²) in [6, 6.07) is 8.90. The van der Waals surface area contributed by atoms with E-state index in [1.807, 2.05) is 25.1 Å². The van der Waals surface area contributed by atoms with E-state index in [0.29, 0.717) is 12.1 Å². The number of nitro groups is 1. The summed E-state index contributed by atoms with van der Waals surface area (Å²) in [5.41, 5.74) is 3.56. The molecule has 5 heteroatoms. The molecule has 98 valence electrons. The van der Waals surface area contributed by atoms with Crippen LogP contribution in [0.1, 0.15) is 16.8 Å². The van der Waals surface area contributed by atoms with Gasteiger partial charge in [0.15, 0.2) is 0 Å². The van der Waals surface area contributed by atoms with Gasteiger partial charge >= 0.3 is 0 Å². The quantitative estimate of drug-likeness (QED) is 0.674. The van der Waals surface area contributed by atoms with Crippen molar-refractivity contribution in [2.24, 2.45) is 0 Å². The molecule has 0 saturated heterocycles. The largest absolute Gasteiger partial charge is 0.379 e. The van der Waals surface area contributed by atoms with E-state index < -0.39 is 0 Å². The molecule has 0 radical (unpaired) electrons. The third-order valence-electron chi connectivity index (χ3n) is 3.07. The van der Waals surface area contributed by atoms with Gasteiger partial charge in [-0.15, -0.1) is 0 Å². The van der Waals surface area contributed by atoms with E-state index in [1.54, 1.807) is 19.2 Å². The molecule has 0 atom stereocenters. The number of pyridine rings is 1. The number of nitrogens with one attached hydrogen (secondary N) is 1. The summed E-state index contributed by atoms with van der Waals surface area (Å²) in [5.74, 6) is 0. The Morgan fingerprint density at radius 2 is 2.05 bits per heavy atom. The van der Waals surface area contributed by atoms with Gasteiger partial charge in [-0.3, -0.25) is 15.1 Å². The molecule has 0 aliphatic heterocycles. The third-order valence-corrected chi connectivity index (χ3v) is 3.07. The standard InChI is InChI=1S/C14H15N3O2/c1-10-5-4-8-15-13(10)9-16-12-6-3-7-14(11(12)2)17(18)19/h3-8,16H,9H2,1-2H3. The first-order chi connectivity index (χ1) is 9.09. The highest BCUT2D eigenvalue weighted by Crippen LogP contribution is 2.25. The van der Waals surface area contributed by atoms with Gasteiger partial charge in [0, 0.05) is 23.5 Å². The first-order valence-corrected chi connectivity index (χ1v) is 5.98. The molecule has 0 aliphatic carbocycles. The van der Waals surface area contributed by atoms with Gasteiger partial charge in [0.2, 0.25) is 0 Å². The lowest BCUT2D eigenvalue weighted by Gasteiger charge is -2.10. The fourth-order valence-corrected chi connectivity index (χ4v) is 1.90. The maximum atomic E-state index is 10.9. The molecule has 0 bridgehead atoms. The van der Waals surface area contributed by atoms with Crippen molar-refractivity contribution in [2.45, 2.75) is 20.4 Å². The molecule has 2 aromatic rings. The van der Waals surface area contributed by atoms with Gasteiger partial charge in [-0.2, -0.15) is 0 Å². The van der Waals surface area contributed by atoms with E-state index in [4.69, 9.17) is 0 Å². The van der Waals surface area contributed by atoms with Crippen LogP contribution in [-0.4, -0.2) is 9.91 Å². The highest BCUT2D eigenvalue weighted by molar-refractivity contribution is 5.59. The molecular weight excluding hydrogens is 242 g/mol. The molecular formula is C14H15N3O2. The molecule has 0 aliphatic rings. The molecule has 0 amide bonds. The van der Waals surface area contributed by atoms with Gasteiger partial charge in [0.05, 0.1) is 17.2 Å². The Balaban J connectivity index is 2.19. The minimum atomic E-state index is -0.369. The van der Waals surface area contributed by atoms with Crippen molar-refractivity contribution < 1.29 is 4.92 Å². The van der Waals surface area contributed by atoms with Gasteiger partial charge in [0.1, 0.15) is 0 Å². The second kappa shape index (κ2) is 5.48. The van der Waals surface area contributed by atoms with Crippen LogP contribution in [0.3, 0.4) is 0 Å². The van der Waals surface area contributed by atoms with Crippen LogP contribution in [0.25, 0.3) is 0 Å². The molecule has 2 rings (SSSR count). The minimum absolute atomic E-state index is 0.128. The van der Waals surface area contributed by atoms with Crippen molar-refractivity contribution in [1.82, 2.24) is 4.98 Å². The van der Waals surface area contributed by atoms with Crippen LogP contribution in [0.5, 0.6) is 0 Å². The number of aryl methyl sites for hydroxylation is 1. The fraction of sp³-hybridized carbons (Fsp3) is 0.214. The summed E-state index contributed by atoms with van der Waals surface area (Å²) in [4.78, 5) is 14.8. The summed E-state index contributed by atoms with van der Waals surface area (Å²) < 4.78 is 0. The smallest absolute Gasteiger partial charge is 0.274 e. The molecule has 19 heavy (non-hydrogen) atoms. The molecule has 1 N–H and O–H groups in total. The van der Waals surface area contributed by atoms with Crippen molar-refractivity contribution in [1.29, 1.82) is 0 Å². The monoisotopic (exact) mass is 257 g/mol. The number of aromatic nitrogens is 1. The van der Waals surface area contributed by atoms with Crippen molar-refractivity contribution >= 4 is 11.4 Å². The first-order valence-electron chi connectivity index (χ1n) is 5.98. The lowest BCUT2D eigenvalue weighted by atomic mass is 10.1. The van der Waals surface area contributed by atoms with Crippen LogP contribution >= 0.6 is 0 Å². The lowest BCUT2D eigenvalue weighted by molar-refractivity contribution is -0.385. The molecule has 0 fully saturated rings. The second-order valence-electron chi connectivity index (χ2n) is 4.33. The summed E-state index contributed by atoms with van der Waals surface area (Å²) in [5, 5.41) is 14.1. The van der Waals surface area contributed by atoms with Crippen LogP contribution < -0.4 is 5.32 Å². The van der Waals surface area contributed by atoms with Crippen molar-refractivity contribution in [3.8, 4) is 0 Å². The Labute approximate surface area is 111 Å². The molecule has 1 aromatic heterocycles. The molecule has 0 unspecified atom stereocenters. The minimum Gasteiger partial charge on any atom is -0.379 e. The zero-order chi connectivity index (χ0) is 13.8. The predicted molar refractivity (Wildman–Crippen MR) is 74.1 cm³/mol. The highest BCUT2D eigenvalue weighted by atomic mass is 16.6. The Morgan fingerprint density at radius 3 is 2.74 bits per heavy atom. The Bertz CT molecular complexity index is 611. The van der Waals surface area contributed by atoms with Crippen LogP contribution in [0.4, 0.5) is 11.4 Å². The van der Waals surface area contributed by atoms with E-state index in [-0.39, 0.29) is 10.6 Å². The van der Waals surface area contributed by atoms with Crippen LogP contribution in [0.15, 0.2) is 36.5 Å². The van der Waals surface area contributed by atoms with E-state index >= 15 is 0 Å². The summed E-state index contributed by atoms with van der Waals surface area (Å²) in [7, 11) is 0. The average Bonchev–Trinajstić information content (AvgIpc) is 2.39. The van der Waals surface area contributed by atoms with E-state index in [0.717, 1.165) is 16.9 Å². The maximum absolute atomic E-state index is 10.9. The highest BCUT2D eigenvalue weighted by Gasteiger charge is 2.13. The predicted octanol–water partition coefficient (Wildman–Crippen LogP) is 3.22. The first kappa shape index (κ1) is 13.0. The summed E-state index contributed by atoms with van der Waals surface area (Å²) >= 11 is 0. The summed E-state index contributed by atoms with van der Waals surface area (Å²) in [6.45, 7) is 4.28. The van der Waals surface area contributed by atoms with Crippen molar-refractivity contribution in [3.05, 3.63) is 63.5 Å². The number of nitrogens with zero attached hydrogens (tertiary/aromatic N) is 2. The Kier molecular flexibility index (Phi) is 3.75. The number of rotatable bonds is 4. The zero-order valence-corrected chi connectivity index (χ0v) is 10.9. The number of benzene rings is 1. The summed E-state index contributed by atoms with van der Waals surface area (Å²) in [6.07, 6.45) is 1.74. The topological polar surface area (TPSA) is 68.1 Å². The van der Waals surface area contributed by atoms with Crippen LogP contribution in [0.2, 0.25) is 0 Å². The molecule has 1 heterocycles.